The number of rotatable bonds is 5. The molecule has 0 unspecified atom stereocenters. The Morgan fingerprint density at radius 1 is 1.53 bits per heavy atom. The highest BCUT2D eigenvalue weighted by atomic mass is 16.5. The maximum atomic E-state index is 12.1. The number of likely N-dealkylation sites (N-methyl/N-ethyl adjacent to an activating group) is 1. The van der Waals surface area contributed by atoms with E-state index in [2.05, 4.69) is 0 Å². The third-order valence-corrected chi connectivity index (χ3v) is 2.50. The summed E-state index contributed by atoms with van der Waals surface area (Å²) in [5.74, 6) is 0.212. The predicted octanol–water partition coefficient (Wildman–Crippen LogP) is 0.822. The first-order valence-electron chi connectivity index (χ1n) is 5.50. The van der Waals surface area contributed by atoms with Gasteiger partial charge in [0.2, 0.25) is 0 Å². The molecule has 0 spiro atoms. The number of carbonyl (C=O) groups is 1. The van der Waals surface area contributed by atoms with Crippen molar-refractivity contribution in [1.82, 2.24) is 4.90 Å². The van der Waals surface area contributed by atoms with Crippen molar-refractivity contribution in [2.24, 2.45) is 5.73 Å². The molecule has 1 rings (SSSR count). The Hall–Kier alpha value is -1.75. The number of aromatic hydroxyl groups is 1. The second-order valence-corrected chi connectivity index (χ2v) is 3.56. The molecule has 5 nitrogen and oxygen atoms in total. The summed E-state index contributed by atoms with van der Waals surface area (Å²) in [6, 6.07) is 4.61. The topological polar surface area (TPSA) is 75.8 Å². The van der Waals surface area contributed by atoms with Crippen molar-refractivity contribution in [3.8, 4) is 11.5 Å². The molecule has 0 aliphatic heterocycles. The quantitative estimate of drug-likeness (QED) is 0.796. The van der Waals surface area contributed by atoms with Gasteiger partial charge in [0, 0.05) is 25.7 Å². The highest BCUT2D eigenvalue weighted by Gasteiger charge is 2.17. The lowest BCUT2D eigenvalue weighted by molar-refractivity contribution is 0.0766. The van der Waals surface area contributed by atoms with Gasteiger partial charge in [-0.3, -0.25) is 4.79 Å². The molecule has 94 valence electrons. The van der Waals surface area contributed by atoms with Crippen molar-refractivity contribution in [3.05, 3.63) is 23.8 Å². The smallest absolute Gasteiger partial charge is 0.257 e. The highest BCUT2D eigenvalue weighted by Crippen LogP contribution is 2.24. The molecule has 1 aromatic rings. The number of carbonyl (C=O) groups excluding carboxylic acids is 1. The summed E-state index contributed by atoms with van der Waals surface area (Å²) in [6.07, 6.45) is 0. The van der Waals surface area contributed by atoms with Crippen LogP contribution in [0.25, 0.3) is 0 Å². The molecule has 0 atom stereocenters. The SMILES string of the molecule is CCN(CCN)C(=O)c1ccc(OC)cc1O. The Morgan fingerprint density at radius 2 is 2.24 bits per heavy atom. The number of phenols is 1. The molecule has 5 heteroatoms. The van der Waals surface area contributed by atoms with Gasteiger partial charge in [-0.25, -0.2) is 0 Å². The van der Waals surface area contributed by atoms with Gasteiger partial charge >= 0.3 is 0 Å². The number of nitrogens with two attached hydrogens (primary N) is 1. The number of amides is 1. The lowest BCUT2D eigenvalue weighted by Gasteiger charge is -2.20. The van der Waals surface area contributed by atoms with E-state index >= 15 is 0 Å². The van der Waals surface area contributed by atoms with Crippen LogP contribution in [0.5, 0.6) is 11.5 Å². The maximum absolute atomic E-state index is 12.1. The minimum atomic E-state index is -0.224. The lowest BCUT2D eigenvalue weighted by atomic mass is 10.1. The monoisotopic (exact) mass is 238 g/mol. The number of nitrogens with zero attached hydrogens (tertiary/aromatic N) is 1. The Balaban J connectivity index is 2.95. The molecule has 0 saturated carbocycles. The van der Waals surface area contributed by atoms with Gasteiger partial charge in [-0.2, -0.15) is 0 Å². The molecule has 0 aliphatic carbocycles. The molecule has 0 bridgehead atoms. The van der Waals surface area contributed by atoms with E-state index in [4.69, 9.17) is 10.5 Å². The molecule has 0 heterocycles. The number of hydrogen-bond donors (Lipinski definition) is 2. The van der Waals surface area contributed by atoms with Crippen LogP contribution in [0.4, 0.5) is 0 Å². The van der Waals surface area contributed by atoms with Crippen molar-refractivity contribution in [3.63, 3.8) is 0 Å². The van der Waals surface area contributed by atoms with Gasteiger partial charge in [-0.05, 0) is 19.1 Å². The van der Waals surface area contributed by atoms with Crippen LogP contribution in [0.15, 0.2) is 18.2 Å². The first-order valence-corrected chi connectivity index (χ1v) is 5.50. The van der Waals surface area contributed by atoms with Gasteiger partial charge in [0.15, 0.2) is 0 Å². The predicted molar refractivity (Wildman–Crippen MR) is 65.3 cm³/mol. The molecule has 3 N–H and O–H groups in total. The normalized spacial score (nSPS) is 10.1. The maximum Gasteiger partial charge on any atom is 0.257 e. The molecule has 17 heavy (non-hydrogen) atoms. The fourth-order valence-electron chi connectivity index (χ4n) is 1.55. The number of phenolic OH excluding ortho intramolecular Hbond substituents is 1. The Morgan fingerprint density at radius 3 is 2.71 bits per heavy atom. The fraction of sp³-hybridized carbons (Fsp3) is 0.417. The third-order valence-electron chi connectivity index (χ3n) is 2.50. The molecular formula is C12H18N2O3. The molecule has 0 radical (unpaired) electrons. The van der Waals surface area contributed by atoms with E-state index in [1.165, 1.54) is 13.2 Å². The number of methoxy groups -OCH3 is 1. The largest absolute Gasteiger partial charge is 0.507 e. The zero-order valence-electron chi connectivity index (χ0n) is 10.1. The zero-order chi connectivity index (χ0) is 12.8. The van der Waals surface area contributed by atoms with Crippen LogP contribution >= 0.6 is 0 Å². The summed E-state index contributed by atoms with van der Waals surface area (Å²) in [5.41, 5.74) is 5.69. The number of benzene rings is 1. The van der Waals surface area contributed by atoms with Gasteiger partial charge in [-0.15, -0.1) is 0 Å². The minimum absolute atomic E-state index is 0.0789. The highest BCUT2D eigenvalue weighted by molar-refractivity contribution is 5.97. The molecule has 0 aliphatic rings. The number of hydrogen-bond acceptors (Lipinski definition) is 4. The van der Waals surface area contributed by atoms with Crippen LogP contribution < -0.4 is 10.5 Å². The van der Waals surface area contributed by atoms with E-state index in [0.29, 0.717) is 25.4 Å². The van der Waals surface area contributed by atoms with Crippen molar-refractivity contribution >= 4 is 5.91 Å². The minimum Gasteiger partial charge on any atom is -0.507 e. The van der Waals surface area contributed by atoms with Crippen LogP contribution in [0.3, 0.4) is 0 Å². The second-order valence-electron chi connectivity index (χ2n) is 3.56. The van der Waals surface area contributed by atoms with Gasteiger partial charge in [0.1, 0.15) is 11.5 Å². The van der Waals surface area contributed by atoms with E-state index in [1.54, 1.807) is 17.0 Å². The average Bonchev–Trinajstić information content (AvgIpc) is 2.35. The van der Waals surface area contributed by atoms with Crippen molar-refractivity contribution in [1.29, 1.82) is 0 Å². The first-order chi connectivity index (χ1) is 8.13. The van der Waals surface area contributed by atoms with Crippen LogP contribution in [-0.4, -0.2) is 42.7 Å². The Kier molecular flexibility index (Phi) is 4.78. The molecule has 1 aromatic carbocycles. The summed E-state index contributed by atoms with van der Waals surface area (Å²) in [4.78, 5) is 13.6. The molecule has 0 fully saturated rings. The van der Waals surface area contributed by atoms with Crippen molar-refractivity contribution in [2.45, 2.75) is 6.92 Å². The van der Waals surface area contributed by atoms with Gasteiger partial charge in [0.25, 0.3) is 5.91 Å². The van der Waals surface area contributed by atoms with Crippen molar-refractivity contribution < 1.29 is 14.6 Å². The van der Waals surface area contributed by atoms with Crippen LogP contribution in [0.2, 0.25) is 0 Å². The van der Waals surface area contributed by atoms with Crippen LogP contribution in [0, 0.1) is 0 Å². The number of ether oxygens (including phenoxy) is 1. The van der Waals surface area contributed by atoms with E-state index in [9.17, 15) is 9.90 Å². The Labute approximate surface area is 101 Å². The average molecular weight is 238 g/mol. The summed E-state index contributed by atoms with van der Waals surface area (Å²) in [6.45, 7) is 3.30. The summed E-state index contributed by atoms with van der Waals surface area (Å²) in [7, 11) is 1.50. The van der Waals surface area contributed by atoms with Crippen LogP contribution in [-0.2, 0) is 0 Å². The summed E-state index contributed by atoms with van der Waals surface area (Å²) >= 11 is 0. The van der Waals surface area contributed by atoms with Crippen LogP contribution in [0.1, 0.15) is 17.3 Å². The Bertz CT molecular complexity index is 393. The van der Waals surface area contributed by atoms with E-state index in [1.807, 2.05) is 6.92 Å². The summed E-state index contributed by atoms with van der Waals surface area (Å²) < 4.78 is 4.96. The fourth-order valence-corrected chi connectivity index (χ4v) is 1.55. The zero-order valence-corrected chi connectivity index (χ0v) is 10.1. The molecular weight excluding hydrogens is 220 g/mol. The third kappa shape index (κ3) is 3.10. The molecule has 0 aromatic heterocycles. The second kappa shape index (κ2) is 6.10. The van der Waals surface area contributed by atoms with Gasteiger partial charge in [0.05, 0.1) is 12.7 Å². The lowest BCUT2D eigenvalue weighted by Crippen LogP contribution is -2.35. The van der Waals surface area contributed by atoms with E-state index < -0.39 is 0 Å². The molecule has 1 amide bonds. The molecule has 0 saturated heterocycles. The van der Waals surface area contributed by atoms with Crippen molar-refractivity contribution in [2.75, 3.05) is 26.7 Å². The van der Waals surface area contributed by atoms with E-state index in [0.717, 1.165) is 0 Å². The summed E-state index contributed by atoms with van der Waals surface area (Å²) in [5, 5.41) is 9.75. The standard InChI is InChI=1S/C12H18N2O3/c1-3-14(7-6-13)12(16)10-5-4-9(17-2)8-11(10)15/h4-5,8,15H,3,6-7,13H2,1-2H3. The van der Waals surface area contributed by atoms with Gasteiger partial charge in [-0.1, -0.05) is 0 Å². The first kappa shape index (κ1) is 13.3. The van der Waals surface area contributed by atoms with E-state index in [-0.39, 0.29) is 17.2 Å². The van der Waals surface area contributed by atoms with Gasteiger partial charge < -0.3 is 20.5 Å².